The quantitative estimate of drug-likeness (QED) is 0.0467. The monoisotopic (exact) mass is 802 g/mol. The molecule has 0 spiro atoms. The summed E-state index contributed by atoms with van der Waals surface area (Å²) in [5.41, 5.74) is 5.38. The molecule has 5 N–H and O–H groups in total. The maximum atomic E-state index is 12.8. The fourth-order valence-corrected chi connectivity index (χ4v) is 6.18. The third kappa shape index (κ3) is 38.3. The number of amides is 1. The number of ether oxygens (including phenoxy) is 2. The first-order chi connectivity index (χ1) is 19.0. The fourth-order valence-electron chi connectivity index (χ4n) is 2.87. The first-order valence-corrected chi connectivity index (χ1v) is 18.3. The number of nitrogens with one attached hydrogen (secondary N) is 3. The predicted octanol–water partition coefficient (Wildman–Crippen LogP) is 3.26. The molecule has 0 rings (SSSR count). The van der Waals surface area contributed by atoms with E-state index in [9.17, 15) is 14.4 Å². The average molecular weight is 803 g/mol. The molecule has 2 radical (unpaired) electrons. The Morgan fingerprint density at radius 1 is 0.756 bits per heavy atom. The van der Waals surface area contributed by atoms with E-state index in [-0.39, 0.29) is 88.9 Å². The molecule has 0 bridgehead atoms. The molecular formula is C26H48N4O5S4Y2-4. The minimum absolute atomic E-state index is 0. The van der Waals surface area contributed by atoms with Crippen molar-refractivity contribution < 1.29 is 89.3 Å². The molecule has 0 aromatic heterocycles. The molecule has 236 valence electrons. The summed E-state index contributed by atoms with van der Waals surface area (Å²) in [6.45, 7) is 10.9. The standard InChI is InChI=1S/C26H48N4O5S4.2Y/c1-23(31)7-5-19-36-38-21-13-28-11-4-3-9-25(29-14-22-39-37-20-6-8-24(2)32)26(33)30-12-16-35-18-17-34-15-10-27;;/h5-6,13-14,25,28-29H,3-4,7-12,15-22,27H2,1-2H3,(H,30,33);;/q-4;;. The van der Waals surface area contributed by atoms with Crippen LogP contribution in [0, 0.1) is 25.9 Å². The van der Waals surface area contributed by atoms with Gasteiger partial charge in [0.15, 0.2) is 0 Å². The van der Waals surface area contributed by atoms with Crippen molar-refractivity contribution in [2.24, 2.45) is 5.73 Å². The smallest absolute Gasteiger partial charge is 0.234 e. The molecule has 9 nitrogen and oxygen atoms in total. The van der Waals surface area contributed by atoms with Gasteiger partial charge in [0.2, 0.25) is 5.91 Å². The van der Waals surface area contributed by atoms with Crippen LogP contribution in [0.1, 0.15) is 46.0 Å². The molecule has 0 aliphatic carbocycles. The van der Waals surface area contributed by atoms with Crippen LogP contribution in [-0.2, 0) is 89.3 Å². The minimum atomic E-state index is -0.296. The van der Waals surface area contributed by atoms with Crippen LogP contribution >= 0.6 is 43.2 Å². The molecule has 0 saturated heterocycles. The molecule has 0 aliphatic rings. The summed E-state index contributed by atoms with van der Waals surface area (Å²) in [5, 5.41) is 9.57. The van der Waals surface area contributed by atoms with E-state index in [1.807, 2.05) is 19.4 Å². The van der Waals surface area contributed by atoms with Gasteiger partial charge in [-0.15, -0.1) is 79.0 Å². The van der Waals surface area contributed by atoms with Crippen LogP contribution in [0.4, 0.5) is 0 Å². The molecule has 41 heavy (non-hydrogen) atoms. The largest absolute Gasteiger partial charge is 0.469 e. The maximum Gasteiger partial charge on any atom is 0.234 e. The summed E-state index contributed by atoms with van der Waals surface area (Å²) in [4.78, 5) is 34.6. The van der Waals surface area contributed by atoms with Crippen molar-refractivity contribution in [3.8, 4) is 0 Å². The van der Waals surface area contributed by atoms with Crippen molar-refractivity contribution >= 4 is 60.6 Å². The molecule has 1 amide bonds. The van der Waals surface area contributed by atoms with Gasteiger partial charge in [-0.2, -0.15) is 0 Å². The third-order valence-electron chi connectivity index (χ3n) is 4.73. The Kier molecular flexibility index (Phi) is 44.6. The molecule has 0 heterocycles. The van der Waals surface area contributed by atoms with Gasteiger partial charge in [0.1, 0.15) is 11.6 Å². The summed E-state index contributed by atoms with van der Waals surface area (Å²) in [6.07, 6.45) is 7.65. The van der Waals surface area contributed by atoms with E-state index in [0.29, 0.717) is 52.4 Å². The van der Waals surface area contributed by atoms with Crippen molar-refractivity contribution in [1.29, 1.82) is 0 Å². The van der Waals surface area contributed by atoms with E-state index < -0.39 is 0 Å². The van der Waals surface area contributed by atoms with Crippen LogP contribution in [0.15, 0.2) is 0 Å². The zero-order valence-corrected chi connectivity index (χ0v) is 33.5. The molecule has 0 aromatic rings. The second kappa shape index (κ2) is 38.4. The Labute approximate surface area is 315 Å². The molecule has 0 saturated carbocycles. The van der Waals surface area contributed by atoms with Gasteiger partial charge in [-0.1, -0.05) is 6.42 Å². The van der Waals surface area contributed by atoms with Crippen LogP contribution < -0.4 is 21.7 Å². The van der Waals surface area contributed by atoms with Crippen LogP contribution in [0.25, 0.3) is 0 Å². The molecule has 1 atom stereocenters. The molecular weight excluding hydrogens is 754 g/mol. The maximum absolute atomic E-state index is 12.8. The normalized spacial score (nSPS) is 11.4. The molecule has 0 aliphatic heterocycles. The van der Waals surface area contributed by atoms with E-state index >= 15 is 0 Å². The zero-order valence-electron chi connectivity index (χ0n) is 24.6. The summed E-state index contributed by atoms with van der Waals surface area (Å²) < 4.78 is 10.7. The summed E-state index contributed by atoms with van der Waals surface area (Å²) in [5.74, 6) is 3.68. The first-order valence-electron chi connectivity index (χ1n) is 13.3. The Hall–Kier alpha value is 2.22. The van der Waals surface area contributed by atoms with E-state index in [1.165, 1.54) is 0 Å². The Morgan fingerprint density at radius 3 is 1.90 bits per heavy atom. The fraction of sp³-hybridized carbons (Fsp3) is 0.731. The predicted molar refractivity (Wildman–Crippen MR) is 170 cm³/mol. The van der Waals surface area contributed by atoms with E-state index in [2.05, 4.69) is 22.5 Å². The second-order valence-corrected chi connectivity index (χ2v) is 13.5. The van der Waals surface area contributed by atoms with Crippen LogP contribution in [0.3, 0.4) is 0 Å². The number of carbonyl (C=O) groups is 3. The third-order valence-corrected chi connectivity index (χ3v) is 9.04. The van der Waals surface area contributed by atoms with Gasteiger partial charge in [0, 0.05) is 78.5 Å². The van der Waals surface area contributed by atoms with Crippen molar-refractivity contribution in [3.05, 3.63) is 25.9 Å². The summed E-state index contributed by atoms with van der Waals surface area (Å²) in [7, 11) is 6.88. The molecule has 15 heteroatoms. The Bertz CT molecular complexity index is 620. The number of ketones is 2. The summed E-state index contributed by atoms with van der Waals surface area (Å²) in [6, 6.07) is -0.296. The zero-order chi connectivity index (χ0) is 28.8. The number of hydrogen-bond acceptors (Lipinski definition) is 12. The van der Waals surface area contributed by atoms with Crippen LogP contribution in [-0.4, -0.2) is 92.6 Å². The van der Waals surface area contributed by atoms with Gasteiger partial charge in [-0.3, -0.25) is 17.9 Å². The van der Waals surface area contributed by atoms with Crippen molar-refractivity contribution in [2.75, 3.05) is 69.1 Å². The van der Waals surface area contributed by atoms with Crippen LogP contribution in [0.5, 0.6) is 0 Å². The van der Waals surface area contributed by atoms with Gasteiger partial charge < -0.3 is 53.6 Å². The summed E-state index contributed by atoms with van der Waals surface area (Å²) >= 11 is 0. The van der Waals surface area contributed by atoms with Crippen LogP contribution in [0.2, 0.25) is 0 Å². The van der Waals surface area contributed by atoms with Crippen molar-refractivity contribution in [3.63, 3.8) is 0 Å². The minimum Gasteiger partial charge on any atom is -0.469 e. The molecule has 1 unspecified atom stereocenters. The Balaban J connectivity index is -0.00000722. The van der Waals surface area contributed by atoms with E-state index in [1.54, 1.807) is 57.0 Å². The van der Waals surface area contributed by atoms with Crippen molar-refractivity contribution in [1.82, 2.24) is 16.0 Å². The number of unbranched alkanes of at least 4 members (excludes halogenated alkanes) is 1. The second-order valence-electron chi connectivity index (χ2n) is 8.41. The van der Waals surface area contributed by atoms with Gasteiger partial charge in [-0.25, -0.2) is 0 Å². The number of nitrogens with two attached hydrogens (primary N) is 1. The number of hydrogen-bond donors (Lipinski definition) is 4. The Morgan fingerprint density at radius 2 is 1.32 bits per heavy atom. The number of Topliss-reactive ketones (excluding diaryl/α,β-unsaturated/α-hetero) is 2. The van der Waals surface area contributed by atoms with Crippen molar-refractivity contribution in [2.45, 2.75) is 52.0 Å². The van der Waals surface area contributed by atoms with Gasteiger partial charge in [-0.05, 0) is 33.2 Å². The van der Waals surface area contributed by atoms with Gasteiger partial charge in [0.25, 0.3) is 0 Å². The van der Waals surface area contributed by atoms with Gasteiger partial charge >= 0.3 is 0 Å². The number of carbonyl (C=O) groups excluding carboxylic acids is 3. The van der Waals surface area contributed by atoms with Gasteiger partial charge in [0.05, 0.1) is 32.5 Å². The SMILES string of the molecule is CC(=O)C[CH-]CSSC[CH-]NCCCCC(N[CH-]CSSC[CH-]CC(C)=O)C(=O)NCCOCCOCCN.[Y].[Y]. The topological polar surface area (TPSA) is 132 Å². The first kappa shape index (κ1) is 47.6. The average Bonchev–Trinajstić information content (AvgIpc) is 2.90. The van der Waals surface area contributed by atoms with E-state index in [4.69, 9.17) is 15.2 Å². The molecule has 0 fully saturated rings. The molecule has 0 aromatic carbocycles. The number of rotatable bonds is 31. The van der Waals surface area contributed by atoms with E-state index in [0.717, 1.165) is 48.8 Å².